The first-order valence-corrected chi connectivity index (χ1v) is 9.22. The monoisotopic (exact) mass is 384 g/mol. The number of nitrogens with one attached hydrogen (secondary N) is 1. The fourth-order valence-corrected chi connectivity index (χ4v) is 2.87. The van der Waals surface area contributed by atoms with E-state index in [1.54, 1.807) is 54.3 Å². The molecule has 2 amide bonds. The van der Waals surface area contributed by atoms with Crippen LogP contribution in [-0.2, 0) is 11.3 Å². The molecule has 2 aromatic rings. The van der Waals surface area contributed by atoms with Crippen molar-refractivity contribution in [2.24, 2.45) is 0 Å². The van der Waals surface area contributed by atoms with Gasteiger partial charge in [0.15, 0.2) is 11.5 Å². The third-order valence-corrected chi connectivity index (χ3v) is 4.49. The summed E-state index contributed by atoms with van der Waals surface area (Å²) >= 11 is 0. The van der Waals surface area contributed by atoms with Gasteiger partial charge in [0.1, 0.15) is 0 Å². The van der Waals surface area contributed by atoms with Gasteiger partial charge in [0.05, 0.1) is 19.3 Å². The first-order chi connectivity index (χ1) is 13.5. The Hall–Kier alpha value is -3.22. The van der Waals surface area contributed by atoms with Crippen LogP contribution in [-0.4, -0.2) is 41.8 Å². The number of urea groups is 1. The van der Waals surface area contributed by atoms with Crippen molar-refractivity contribution < 1.29 is 24.2 Å². The third-order valence-electron chi connectivity index (χ3n) is 4.49. The molecule has 7 heteroatoms. The minimum atomic E-state index is -0.388. The second-order valence-electron chi connectivity index (χ2n) is 6.59. The summed E-state index contributed by atoms with van der Waals surface area (Å²) in [4.78, 5) is 26.3. The van der Waals surface area contributed by atoms with Gasteiger partial charge in [-0.2, -0.15) is 0 Å². The van der Waals surface area contributed by atoms with Crippen molar-refractivity contribution in [3.05, 3.63) is 53.6 Å². The minimum Gasteiger partial charge on any atom is -0.504 e. The first-order valence-electron chi connectivity index (χ1n) is 9.22. The average Bonchev–Trinajstić information content (AvgIpc) is 3.53. The third kappa shape index (κ3) is 4.73. The molecule has 148 valence electrons. The Kier molecular flexibility index (Phi) is 6.03. The van der Waals surface area contributed by atoms with Crippen molar-refractivity contribution in [3.63, 3.8) is 0 Å². The number of carbonyl (C=O) groups is 2. The van der Waals surface area contributed by atoms with Crippen LogP contribution in [0, 0.1) is 0 Å². The number of phenols is 1. The molecule has 0 bridgehead atoms. The van der Waals surface area contributed by atoms with E-state index in [1.165, 1.54) is 7.11 Å². The first kappa shape index (κ1) is 19.5. The van der Waals surface area contributed by atoms with Crippen molar-refractivity contribution >= 4 is 17.7 Å². The number of hydrogen-bond acceptors (Lipinski definition) is 5. The Morgan fingerprint density at radius 1 is 1.18 bits per heavy atom. The lowest BCUT2D eigenvalue weighted by molar-refractivity contribution is 0.0526. The number of rotatable bonds is 7. The van der Waals surface area contributed by atoms with E-state index in [2.05, 4.69) is 5.32 Å². The molecule has 28 heavy (non-hydrogen) atoms. The van der Waals surface area contributed by atoms with Crippen LogP contribution in [0.2, 0.25) is 0 Å². The Bertz CT molecular complexity index is 846. The van der Waals surface area contributed by atoms with Crippen LogP contribution in [0.5, 0.6) is 11.5 Å². The van der Waals surface area contributed by atoms with E-state index in [4.69, 9.17) is 9.47 Å². The number of anilines is 1. The van der Waals surface area contributed by atoms with Crippen molar-refractivity contribution in [1.82, 2.24) is 4.90 Å². The fourth-order valence-electron chi connectivity index (χ4n) is 2.87. The molecule has 0 unspecified atom stereocenters. The second-order valence-corrected chi connectivity index (χ2v) is 6.59. The predicted octanol–water partition coefficient (Wildman–Crippen LogP) is 3.77. The quantitative estimate of drug-likeness (QED) is 0.710. The van der Waals surface area contributed by atoms with Gasteiger partial charge in [-0.15, -0.1) is 0 Å². The Morgan fingerprint density at radius 3 is 2.50 bits per heavy atom. The van der Waals surface area contributed by atoms with E-state index >= 15 is 0 Å². The summed E-state index contributed by atoms with van der Waals surface area (Å²) in [5.74, 6) is 0.0554. The van der Waals surface area contributed by atoms with E-state index in [0.29, 0.717) is 30.2 Å². The molecule has 1 fully saturated rings. The summed E-state index contributed by atoms with van der Waals surface area (Å²) in [5, 5.41) is 12.6. The molecule has 0 saturated heterocycles. The highest BCUT2D eigenvalue weighted by molar-refractivity contribution is 5.92. The topological polar surface area (TPSA) is 88.1 Å². The summed E-state index contributed by atoms with van der Waals surface area (Å²) < 4.78 is 10.1. The van der Waals surface area contributed by atoms with Gasteiger partial charge in [-0.3, -0.25) is 0 Å². The van der Waals surface area contributed by atoms with Crippen LogP contribution >= 0.6 is 0 Å². The molecular formula is C21H24N2O5. The van der Waals surface area contributed by atoms with E-state index in [9.17, 15) is 14.7 Å². The number of carbonyl (C=O) groups excluding carboxylic acids is 2. The molecule has 0 heterocycles. The van der Waals surface area contributed by atoms with Crippen molar-refractivity contribution in [2.75, 3.05) is 19.0 Å². The average molecular weight is 384 g/mol. The zero-order valence-electron chi connectivity index (χ0n) is 16.0. The van der Waals surface area contributed by atoms with Crippen LogP contribution in [0.4, 0.5) is 10.5 Å². The summed E-state index contributed by atoms with van der Waals surface area (Å²) in [6, 6.07) is 11.7. The van der Waals surface area contributed by atoms with Gasteiger partial charge in [-0.1, -0.05) is 6.07 Å². The summed E-state index contributed by atoms with van der Waals surface area (Å²) in [6.07, 6.45) is 1.93. The molecule has 3 rings (SSSR count). The van der Waals surface area contributed by atoms with Crippen molar-refractivity contribution in [3.8, 4) is 11.5 Å². The maximum absolute atomic E-state index is 12.8. The molecule has 1 aliphatic carbocycles. The molecule has 1 saturated carbocycles. The normalized spacial score (nSPS) is 12.9. The van der Waals surface area contributed by atoms with E-state index < -0.39 is 0 Å². The number of ether oxygens (including phenoxy) is 2. The van der Waals surface area contributed by atoms with Gasteiger partial charge >= 0.3 is 12.0 Å². The van der Waals surface area contributed by atoms with Crippen LogP contribution in [0.1, 0.15) is 35.7 Å². The molecule has 2 aromatic carbocycles. The highest BCUT2D eigenvalue weighted by Crippen LogP contribution is 2.31. The minimum absolute atomic E-state index is 0.0652. The largest absolute Gasteiger partial charge is 0.504 e. The van der Waals surface area contributed by atoms with Gasteiger partial charge in [0.25, 0.3) is 0 Å². The standard InChI is InChI=1S/C21H24N2O5/c1-3-28-20(25)15-5-7-16(8-6-15)22-21(26)23(17-9-10-17)13-14-4-11-18(24)19(12-14)27-2/h4-8,11-12,17,24H,3,9-10,13H2,1-2H3,(H,22,26). The van der Waals surface area contributed by atoms with E-state index in [1.807, 2.05) is 0 Å². The van der Waals surface area contributed by atoms with E-state index in [-0.39, 0.29) is 23.8 Å². The molecule has 7 nitrogen and oxygen atoms in total. The van der Waals surface area contributed by atoms with Gasteiger partial charge in [-0.05, 0) is 61.7 Å². The van der Waals surface area contributed by atoms with E-state index in [0.717, 1.165) is 18.4 Å². The number of hydrogen-bond donors (Lipinski definition) is 2. The maximum atomic E-state index is 12.8. The molecule has 0 aliphatic heterocycles. The second kappa shape index (κ2) is 8.65. The van der Waals surface area contributed by atoms with Crippen molar-refractivity contribution in [1.29, 1.82) is 0 Å². The summed E-state index contributed by atoms with van der Waals surface area (Å²) in [7, 11) is 1.49. The Labute approximate surface area is 163 Å². The molecule has 2 N–H and O–H groups in total. The number of amides is 2. The van der Waals surface area contributed by atoms with Crippen LogP contribution in [0.15, 0.2) is 42.5 Å². The van der Waals surface area contributed by atoms with Crippen LogP contribution < -0.4 is 10.1 Å². The number of methoxy groups -OCH3 is 1. The molecule has 1 aliphatic rings. The number of benzene rings is 2. The molecule has 0 spiro atoms. The predicted molar refractivity (Wildman–Crippen MR) is 105 cm³/mol. The summed E-state index contributed by atoms with van der Waals surface area (Å²) in [6.45, 7) is 2.48. The molecular weight excluding hydrogens is 360 g/mol. The van der Waals surface area contributed by atoms with Gasteiger partial charge in [0, 0.05) is 18.3 Å². The highest BCUT2D eigenvalue weighted by atomic mass is 16.5. The van der Waals surface area contributed by atoms with Crippen molar-refractivity contribution in [2.45, 2.75) is 32.4 Å². The zero-order chi connectivity index (χ0) is 20.1. The molecule has 0 radical (unpaired) electrons. The smallest absolute Gasteiger partial charge is 0.338 e. The molecule has 0 atom stereocenters. The van der Waals surface area contributed by atoms with Gasteiger partial charge < -0.3 is 24.8 Å². The Morgan fingerprint density at radius 2 is 1.89 bits per heavy atom. The van der Waals surface area contributed by atoms with Crippen LogP contribution in [0.25, 0.3) is 0 Å². The Balaban J connectivity index is 1.67. The highest BCUT2D eigenvalue weighted by Gasteiger charge is 2.32. The number of esters is 1. The lowest BCUT2D eigenvalue weighted by atomic mass is 10.2. The van der Waals surface area contributed by atoms with Gasteiger partial charge in [0.2, 0.25) is 0 Å². The summed E-state index contributed by atoms with van der Waals surface area (Å²) in [5.41, 5.74) is 1.91. The maximum Gasteiger partial charge on any atom is 0.338 e. The number of nitrogens with zero attached hydrogens (tertiary/aromatic N) is 1. The van der Waals surface area contributed by atoms with Gasteiger partial charge in [-0.25, -0.2) is 9.59 Å². The van der Waals surface area contributed by atoms with Crippen LogP contribution in [0.3, 0.4) is 0 Å². The SMILES string of the molecule is CCOC(=O)c1ccc(NC(=O)N(Cc2ccc(O)c(OC)c2)C2CC2)cc1. The molecule has 0 aromatic heterocycles. The zero-order valence-corrected chi connectivity index (χ0v) is 16.0. The number of phenolic OH excluding ortho intramolecular Hbond substituents is 1. The number of aromatic hydroxyl groups is 1. The lowest BCUT2D eigenvalue weighted by Crippen LogP contribution is -2.36. The lowest BCUT2D eigenvalue weighted by Gasteiger charge is -2.23. The fraction of sp³-hybridized carbons (Fsp3) is 0.333.